The fourth-order valence-corrected chi connectivity index (χ4v) is 1.45. The normalized spacial score (nSPS) is 11.1. The zero-order chi connectivity index (χ0) is 10.1. The minimum Gasteiger partial charge on any atom is -0.423 e. The predicted molar refractivity (Wildman–Crippen MR) is 55.7 cm³/mol. The van der Waals surface area contributed by atoms with Crippen LogP contribution in [0.1, 0.15) is 25.3 Å². The molecular weight excluding hydrogens is 176 g/mol. The van der Waals surface area contributed by atoms with E-state index in [2.05, 4.69) is 13.8 Å². The van der Waals surface area contributed by atoms with E-state index < -0.39 is 0 Å². The molecule has 2 nitrogen and oxygen atoms in total. The molecule has 0 radical (unpaired) electrons. The Morgan fingerprint density at radius 2 is 1.86 bits per heavy atom. The molecule has 14 heavy (non-hydrogen) atoms. The zero-order valence-electron chi connectivity index (χ0n) is 8.28. The van der Waals surface area contributed by atoms with Gasteiger partial charge in [0, 0.05) is 11.6 Å². The fraction of sp³-hybridized carbons (Fsp3) is 0.250. The summed E-state index contributed by atoms with van der Waals surface area (Å²) in [6.45, 7) is 4.27. The van der Waals surface area contributed by atoms with Crippen LogP contribution in [-0.4, -0.2) is 0 Å². The first-order valence-corrected chi connectivity index (χ1v) is 4.70. The minimum absolute atomic E-state index is 0.280. The third-order valence-corrected chi connectivity index (χ3v) is 2.32. The van der Waals surface area contributed by atoms with Crippen LogP contribution in [-0.2, 0) is 0 Å². The summed E-state index contributed by atoms with van der Waals surface area (Å²) in [4.78, 5) is 10.9. The SMILES string of the molecule is CC(C)c1ccc2cc(=O)oc-2cc1. The maximum absolute atomic E-state index is 10.9. The van der Waals surface area contributed by atoms with Crippen LogP contribution in [0, 0.1) is 0 Å². The van der Waals surface area contributed by atoms with Gasteiger partial charge in [0.25, 0.3) is 0 Å². The summed E-state index contributed by atoms with van der Waals surface area (Å²) in [5.74, 6) is 1.14. The van der Waals surface area contributed by atoms with Gasteiger partial charge in [-0.1, -0.05) is 32.0 Å². The van der Waals surface area contributed by atoms with E-state index in [1.165, 1.54) is 11.6 Å². The first-order valence-electron chi connectivity index (χ1n) is 4.70. The summed E-state index contributed by atoms with van der Waals surface area (Å²) in [6, 6.07) is 9.32. The lowest BCUT2D eigenvalue weighted by Crippen LogP contribution is -1.84. The van der Waals surface area contributed by atoms with Crippen molar-refractivity contribution in [3.05, 3.63) is 46.3 Å². The molecule has 2 rings (SSSR count). The number of furan rings is 1. The second-order valence-corrected chi connectivity index (χ2v) is 3.71. The summed E-state index contributed by atoms with van der Waals surface area (Å²) in [7, 11) is 0. The Morgan fingerprint density at radius 1 is 1.14 bits per heavy atom. The predicted octanol–water partition coefficient (Wildman–Crippen LogP) is 2.87. The van der Waals surface area contributed by atoms with Gasteiger partial charge in [0.05, 0.1) is 0 Å². The van der Waals surface area contributed by atoms with Crippen LogP contribution in [0.3, 0.4) is 0 Å². The molecule has 0 amide bonds. The van der Waals surface area contributed by atoms with E-state index in [1.807, 2.05) is 24.3 Å². The van der Waals surface area contributed by atoms with Crippen molar-refractivity contribution < 1.29 is 4.42 Å². The number of rotatable bonds is 1. The molecule has 1 aliphatic heterocycles. The monoisotopic (exact) mass is 188 g/mol. The van der Waals surface area contributed by atoms with Gasteiger partial charge in [-0.05, 0) is 17.5 Å². The second-order valence-electron chi connectivity index (χ2n) is 3.71. The maximum atomic E-state index is 10.9. The zero-order valence-corrected chi connectivity index (χ0v) is 8.28. The summed E-state index contributed by atoms with van der Waals surface area (Å²) < 4.78 is 5.01. The Balaban J connectivity index is 2.61. The van der Waals surface area contributed by atoms with E-state index >= 15 is 0 Å². The second kappa shape index (κ2) is 3.29. The van der Waals surface area contributed by atoms with Crippen LogP contribution >= 0.6 is 0 Å². The van der Waals surface area contributed by atoms with Crippen LogP contribution in [0.25, 0.3) is 11.3 Å². The minimum atomic E-state index is -0.280. The number of hydrogen-bond donors (Lipinski definition) is 0. The Morgan fingerprint density at radius 3 is 2.57 bits per heavy atom. The molecule has 0 atom stereocenters. The van der Waals surface area contributed by atoms with E-state index in [9.17, 15) is 4.79 Å². The van der Waals surface area contributed by atoms with Crippen LogP contribution in [0.4, 0.5) is 0 Å². The molecule has 2 aliphatic rings. The molecule has 0 aromatic rings. The summed E-state index contributed by atoms with van der Waals surface area (Å²) in [6.07, 6.45) is 0. The first kappa shape index (κ1) is 9.00. The lowest BCUT2D eigenvalue weighted by molar-refractivity contribution is 0.545. The van der Waals surface area contributed by atoms with E-state index in [4.69, 9.17) is 4.42 Å². The maximum Gasteiger partial charge on any atom is 0.336 e. The summed E-state index contributed by atoms with van der Waals surface area (Å²) in [5.41, 5.74) is 1.82. The standard InChI is InChI=1S/C12H12O2/c1-8(2)9-3-4-10-7-12(13)14-11(10)6-5-9/h3-8H,1-2H3. The Bertz CT molecular complexity index is 431. The average Bonchev–Trinajstić information content (AvgIpc) is 2.34. The number of fused-ring (bicyclic) bond motifs is 1. The Hall–Kier alpha value is -1.57. The van der Waals surface area contributed by atoms with Crippen LogP contribution in [0.15, 0.2) is 39.5 Å². The lowest BCUT2D eigenvalue weighted by atomic mass is 10.1. The van der Waals surface area contributed by atoms with Crippen molar-refractivity contribution in [2.45, 2.75) is 19.8 Å². The highest BCUT2D eigenvalue weighted by molar-refractivity contribution is 5.58. The molecule has 72 valence electrons. The Kier molecular flexibility index (Phi) is 2.12. The number of hydrogen-bond acceptors (Lipinski definition) is 2. The van der Waals surface area contributed by atoms with Gasteiger partial charge in [0.2, 0.25) is 0 Å². The summed E-state index contributed by atoms with van der Waals surface area (Å²) in [5, 5.41) is 0. The van der Waals surface area contributed by atoms with Gasteiger partial charge in [-0.15, -0.1) is 0 Å². The average molecular weight is 188 g/mol. The molecule has 0 fully saturated rings. The highest BCUT2D eigenvalue weighted by Gasteiger charge is 2.06. The van der Waals surface area contributed by atoms with Crippen molar-refractivity contribution in [3.63, 3.8) is 0 Å². The third kappa shape index (κ3) is 1.55. The molecule has 0 bridgehead atoms. The molecule has 2 heteroatoms. The van der Waals surface area contributed by atoms with Gasteiger partial charge >= 0.3 is 5.63 Å². The largest absolute Gasteiger partial charge is 0.423 e. The van der Waals surface area contributed by atoms with Gasteiger partial charge in [-0.25, -0.2) is 4.79 Å². The van der Waals surface area contributed by atoms with Crippen molar-refractivity contribution in [3.8, 4) is 11.3 Å². The smallest absolute Gasteiger partial charge is 0.336 e. The fourth-order valence-electron chi connectivity index (χ4n) is 1.45. The molecule has 0 unspecified atom stereocenters. The van der Waals surface area contributed by atoms with Gasteiger partial charge in [-0.3, -0.25) is 0 Å². The van der Waals surface area contributed by atoms with Crippen molar-refractivity contribution in [1.29, 1.82) is 0 Å². The van der Waals surface area contributed by atoms with E-state index in [0.717, 1.165) is 5.56 Å². The first-order chi connectivity index (χ1) is 6.66. The lowest BCUT2D eigenvalue weighted by Gasteiger charge is -1.99. The molecule has 0 saturated carbocycles. The van der Waals surface area contributed by atoms with Gasteiger partial charge in [0.15, 0.2) is 0 Å². The van der Waals surface area contributed by atoms with Gasteiger partial charge in [0.1, 0.15) is 5.76 Å². The van der Waals surface area contributed by atoms with Crippen molar-refractivity contribution in [1.82, 2.24) is 0 Å². The van der Waals surface area contributed by atoms with E-state index in [1.54, 1.807) is 0 Å². The van der Waals surface area contributed by atoms with Crippen molar-refractivity contribution in [2.24, 2.45) is 0 Å². The molecule has 0 aromatic heterocycles. The molecule has 0 N–H and O–H groups in total. The quantitative estimate of drug-likeness (QED) is 0.688. The van der Waals surface area contributed by atoms with Crippen LogP contribution in [0.5, 0.6) is 0 Å². The molecular formula is C12H12O2. The van der Waals surface area contributed by atoms with E-state index in [0.29, 0.717) is 11.7 Å². The van der Waals surface area contributed by atoms with Crippen molar-refractivity contribution >= 4 is 0 Å². The highest BCUT2D eigenvalue weighted by Crippen LogP contribution is 2.21. The third-order valence-electron chi connectivity index (χ3n) is 2.32. The molecule has 1 heterocycles. The van der Waals surface area contributed by atoms with E-state index in [-0.39, 0.29) is 5.63 Å². The van der Waals surface area contributed by atoms with Crippen LogP contribution in [0.2, 0.25) is 0 Å². The molecule has 0 saturated heterocycles. The van der Waals surface area contributed by atoms with Gasteiger partial charge < -0.3 is 4.42 Å². The summed E-state index contributed by atoms with van der Waals surface area (Å²) >= 11 is 0. The van der Waals surface area contributed by atoms with Gasteiger partial charge in [-0.2, -0.15) is 0 Å². The highest BCUT2D eigenvalue weighted by atomic mass is 16.4. The topological polar surface area (TPSA) is 30.2 Å². The molecule has 0 spiro atoms. The molecule has 0 aromatic carbocycles. The van der Waals surface area contributed by atoms with Crippen LogP contribution < -0.4 is 5.63 Å². The van der Waals surface area contributed by atoms with Crippen molar-refractivity contribution in [2.75, 3.05) is 0 Å². The Labute approximate surface area is 82.5 Å². The molecule has 1 aliphatic carbocycles.